The highest BCUT2D eigenvalue weighted by atomic mass is 32.2. The number of hydrogen-bond donors (Lipinski definition) is 2. The molecular formula is C6H10O6S. The summed E-state index contributed by atoms with van der Waals surface area (Å²) >= 11 is 0. The van der Waals surface area contributed by atoms with Crippen LogP contribution in [0.4, 0.5) is 0 Å². The maximum atomic E-state index is 10.7. The van der Waals surface area contributed by atoms with Crippen LogP contribution in [0.1, 0.15) is 19.3 Å². The summed E-state index contributed by atoms with van der Waals surface area (Å²) in [6, 6.07) is 0. The van der Waals surface area contributed by atoms with Gasteiger partial charge in [0, 0.05) is 12.8 Å². The lowest BCUT2D eigenvalue weighted by Crippen LogP contribution is -2.14. The van der Waals surface area contributed by atoms with Gasteiger partial charge in [0.1, 0.15) is 11.5 Å². The lowest BCUT2D eigenvalue weighted by atomic mass is 10.2. The summed E-state index contributed by atoms with van der Waals surface area (Å²) in [5.74, 6) is -2.66. The molecule has 0 aromatic rings. The minimum atomic E-state index is -4.27. The van der Waals surface area contributed by atoms with E-state index in [1.54, 1.807) is 0 Å². The summed E-state index contributed by atoms with van der Waals surface area (Å²) in [6.07, 6.45) is -0.243. The second-order valence-corrected chi connectivity index (χ2v) is 3.96. The molecule has 7 heteroatoms. The average molecular weight is 210 g/mol. The van der Waals surface area contributed by atoms with Crippen molar-refractivity contribution in [2.45, 2.75) is 19.3 Å². The number of hydrogen-bond acceptors (Lipinski definition) is 4. The van der Waals surface area contributed by atoms with Gasteiger partial charge in [0.25, 0.3) is 10.1 Å². The molecule has 0 aliphatic carbocycles. The van der Waals surface area contributed by atoms with E-state index >= 15 is 0 Å². The number of carbonyl (C=O) groups excluding carboxylic acids is 1. The van der Waals surface area contributed by atoms with Gasteiger partial charge in [-0.3, -0.25) is 14.1 Å². The summed E-state index contributed by atoms with van der Waals surface area (Å²) in [6.45, 7) is 0. The van der Waals surface area contributed by atoms with Gasteiger partial charge in [-0.2, -0.15) is 8.42 Å². The third kappa shape index (κ3) is 8.96. The number of rotatable bonds is 6. The highest BCUT2D eigenvalue weighted by molar-refractivity contribution is 7.86. The second-order valence-electron chi connectivity index (χ2n) is 2.51. The molecule has 0 aliphatic rings. The Morgan fingerprint density at radius 2 is 1.69 bits per heavy atom. The van der Waals surface area contributed by atoms with Crippen molar-refractivity contribution in [2.24, 2.45) is 0 Å². The van der Waals surface area contributed by atoms with Gasteiger partial charge in [-0.05, 0) is 6.42 Å². The number of Topliss-reactive ketones (excluding diaryl/α,β-unsaturated/α-hetero) is 1. The molecule has 13 heavy (non-hydrogen) atoms. The van der Waals surface area contributed by atoms with Gasteiger partial charge in [-0.1, -0.05) is 0 Å². The van der Waals surface area contributed by atoms with Crippen molar-refractivity contribution in [3.05, 3.63) is 0 Å². The lowest BCUT2D eigenvalue weighted by molar-refractivity contribution is -0.137. The molecule has 0 atom stereocenters. The van der Waals surface area contributed by atoms with E-state index in [-0.39, 0.29) is 19.3 Å². The maximum Gasteiger partial charge on any atom is 0.303 e. The van der Waals surface area contributed by atoms with Crippen LogP contribution < -0.4 is 0 Å². The Bertz CT molecular complexity index is 290. The molecule has 2 N–H and O–H groups in total. The first-order chi connectivity index (χ1) is 5.81. The van der Waals surface area contributed by atoms with E-state index in [1.807, 2.05) is 0 Å². The van der Waals surface area contributed by atoms with E-state index in [9.17, 15) is 18.0 Å². The molecule has 0 heterocycles. The fourth-order valence-electron chi connectivity index (χ4n) is 0.712. The van der Waals surface area contributed by atoms with Gasteiger partial charge < -0.3 is 5.11 Å². The van der Waals surface area contributed by atoms with Gasteiger partial charge in [0.15, 0.2) is 0 Å². The predicted molar refractivity (Wildman–Crippen MR) is 42.9 cm³/mol. The predicted octanol–water partition coefficient (Wildman–Crippen LogP) is -0.302. The molecular weight excluding hydrogens is 200 g/mol. The Morgan fingerprint density at radius 1 is 1.15 bits per heavy atom. The number of aliphatic carboxylic acids is 1. The lowest BCUT2D eigenvalue weighted by Gasteiger charge is -1.96. The number of carboxylic acids is 1. The number of carbonyl (C=O) groups is 2. The molecule has 6 nitrogen and oxygen atoms in total. The quantitative estimate of drug-likeness (QED) is 0.582. The molecule has 0 unspecified atom stereocenters. The van der Waals surface area contributed by atoms with E-state index in [4.69, 9.17) is 9.66 Å². The zero-order chi connectivity index (χ0) is 10.5. The molecule has 0 aromatic carbocycles. The monoisotopic (exact) mass is 210 g/mol. The van der Waals surface area contributed by atoms with E-state index in [1.165, 1.54) is 0 Å². The van der Waals surface area contributed by atoms with Crippen LogP contribution in [-0.4, -0.2) is 35.6 Å². The van der Waals surface area contributed by atoms with Crippen LogP contribution in [-0.2, 0) is 19.7 Å². The first-order valence-electron chi connectivity index (χ1n) is 3.50. The summed E-state index contributed by atoms with van der Waals surface area (Å²) < 4.78 is 28.5. The van der Waals surface area contributed by atoms with Crippen molar-refractivity contribution in [1.82, 2.24) is 0 Å². The van der Waals surface area contributed by atoms with Gasteiger partial charge >= 0.3 is 5.97 Å². The first kappa shape index (κ1) is 12.0. The standard InChI is InChI=1S/C6H10O6S/c7-5(4-13(10,11)12)2-1-3-6(8)9/h1-4H2,(H,8,9)(H,10,11,12). The molecule has 0 aromatic heterocycles. The van der Waals surface area contributed by atoms with Crippen molar-refractivity contribution in [3.63, 3.8) is 0 Å². The Morgan fingerprint density at radius 3 is 2.08 bits per heavy atom. The third-order valence-electron chi connectivity index (χ3n) is 1.19. The minimum Gasteiger partial charge on any atom is -0.481 e. The maximum absolute atomic E-state index is 10.7. The molecule has 0 saturated heterocycles. The van der Waals surface area contributed by atoms with Crippen LogP contribution >= 0.6 is 0 Å². The molecule has 0 radical (unpaired) electrons. The highest BCUT2D eigenvalue weighted by Gasteiger charge is 2.12. The summed E-state index contributed by atoms with van der Waals surface area (Å²) in [7, 11) is -4.27. The molecule has 0 bridgehead atoms. The smallest absolute Gasteiger partial charge is 0.303 e. The Hall–Kier alpha value is -0.950. The molecule has 0 spiro atoms. The first-order valence-corrected chi connectivity index (χ1v) is 5.11. The fraction of sp³-hybridized carbons (Fsp3) is 0.667. The summed E-state index contributed by atoms with van der Waals surface area (Å²) in [4.78, 5) is 20.7. The Balaban J connectivity index is 3.71. The molecule has 0 amide bonds. The zero-order valence-corrected chi connectivity index (χ0v) is 7.58. The SMILES string of the molecule is O=C(O)CCCC(=O)CS(=O)(=O)O. The van der Waals surface area contributed by atoms with Crippen LogP contribution in [0.25, 0.3) is 0 Å². The summed E-state index contributed by atoms with van der Waals surface area (Å²) in [5.41, 5.74) is 0. The van der Waals surface area contributed by atoms with Crippen LogP contribution in [0.3, 0.4) is 0 Å². The molecule has 76 valence electrons. The number of carboxylic acid groups (broad SMARTS) is 1. The second kappa shape index (κ2) is 4.93. The average Bonchev–Trinajstić information content (AvgIpc) is 1.81. The van der Waals surface area contributed by atoms with Crippen molar-refractivity contribution in [1.29, 1.82) is 0 Å². The van der Waals surface area contributed by atoms with Crippen LogP contribution in [0.15, 0.2) is 0 Å². The fourth-order valence-corrected chi connectivity index (χ4v) is 1.26. The van der Waals surface area contributed by atoms with E-state index in [0.29, 0.717) is 0 Å². The van der Waals surface area contributed by atoms with Crippen LogP contribution in [0, 0.1) is 0 Å². The largest absolute Gasteiger partial charge is 0.481 e. The number of ketones is 1. The molecule has 0 saturated carbocycles. The van der Waals surface area contributed by atoms with Crippen LogP contribution in [0.2, 0.25) is 0 Å². The Kier molecular flexibility index (Phi) is 4.57. The Labute approximate surface area is 75.3 Å². The van der Waals surface area contributed by atoms with Gasteiger partial charge in [-0.15, -0.1) is 0 Å². The van der Waals surface area contributed by atoms with E-state index in [0.717, 1.165) is 0 Å². The molecule has 0 fully saturated rings. The summed E-state index contributed by atoms with van der Waals surface area (Å²) in [5, 5.41) is 8.18. The molecule has 0 rings (SSSR count). The highest BCUT2D eigenvalue weighted by Crippen LogP contribution is 1.98. The topological polar surface area (TPSA) is 109 Å². The zero-order valence-electron chi connectivity index (χ0n) is 6.76. The van der Waals surface area contributed by atoms with E-state index < -0.39 is 27.6 Å². The van der Waals surface area contributed by atoms with Crippen molar-refractivity contribution in [2.75, 3.05) is 5.75 Å². The van der Waals surface area contributed by atoms with Crippen molar-refractivity contribution >= 4 is 21.9 Å². The normalized spacial score (nSPS) is 11.2. The van der Waals surface area contributed by atoms with Crippen molar-refractivity contribution < 1.29 is 27.7 Å². The third-order valence-corrected chi connectivity index (χ3v) is 1.88. The van der Waals surface area contributed by atoms with Gasteiger partial charge in [0.05, 0.1) is 0 Å². The molecule has 0 aliphatic heterocycles. The van der Waals surface area contributed by atoms with Gasteiger partial charge in [0.2, 0.25) is 0 Å². The van der Waals surface area contributed by atoms with E-state index in [2.05, 4.69) is 0 Å². The van der Waals surface area contributed by atoms with Crippen molar-refractivity contribution in [3.8, 4) is 0 Å². The van der Waals surface area contributed by atoms with Crippen LogP contribution in [0.5, 0.6) is 0 Å². The van der Waals surface area contributed by atoms with Gasteiger partial charge in [-0.25, -0.2) is 0 Å². The minimum absolute atomic E-state index is 0.0870.